The lowest BCUT2D eigenvalue weighted by atomic mass is 9.84. The molecule has 2 fully saturated rings. The van der Waals surface area contributed by atoms with Crippen molar-refractivity contribution in [3.63, 3.8) is 0 Å². The molecular formula is C17H30N2O3. The summed E-state index contributed by atoms with van der Waals surface area (Å²) in [5.41, 5.74) is 5.52. The lowest BCUT2D eigenvalue weighted by molar-refractivity contribution is -0.162. The number of nitrogens with zero attached hydrogens (tertiary/aromatic N) is 1. The lowest BCUT2D eigenvalue weighted by Crippen LogP contribution is -2.49. The lowest BCUT2D eigenvalue weighted by Gasteiger charge is -2.37. The van der Waals surface area contributed by atoms with Gasteiger partial charge in [-0.15, -0.1) is 0 Å². The van der Waals surface area contributed by atoms with Crippen molar-refractivity contribution in [2.24, 2.45) is 11.7 Å². The summed E-state index contributed by atoms with van der Waals surface area (Å²) in [5.74, 6) is -0.152. The third-order valence-corrected chi connectivity index (χ3v) is 4.59. The van der Waals surface area contributed by atoms with Gasteiger partial charge in [0, 0.05) is 12.6 Å². The highest BCUT2D eigenvalue weighted by Gasteiger charge is 2.36. The van der Waals surface area contributed by atoms with E-state index in [2.05, 4.69) is 0 Å². The average Bonchev–Trinajstić information content (AvgIpc) is 2.60. The molecule has 0 bridgehead atoms. The van der Waals surface area contributed by atoms with Crippen molar-refractivity contribution < 1.29 is 14.3 Å². The smallest absolute Gasteiger partial charge is 0.309 e. The maximum absolute atomic E-state index is 12.4. The van der Waals surface area contributed by atoms with Gasteiger partial charge in [0.25, 0.3) is 0 Å². The number of rotatable bonds is 2. The quantitative estimate of drug-likeness (QED) is 0.794. The topological polar surface area (TPSA) is 72.6 Å². The van der Waals surface area contributed by atoms with Gasteiger partial charge in [-0.05, 0) is 59.3 Å². The molecule has 5 heteroatoms. The maximum Gasteiger partial charge on any atom is 0.309 e. The first-order chi connectivity index (χ1) is 10.3. The molecule has 1 amide bonds. The zero-order valence-corrected chi connectivity index (χ0v) is 14.1. The second kappa shape index (κ2) is 6.99. The molecule has 1 saturated carbocycles. The molecule has 0 spiro atoms. The Morgan fingerprint density at radius 1 is 1.18 bits per heavy atom. The number of esters is 1. The van der Waals surface area contributed by atoms with E-state index in [0.717, 1.165) is 45.1 Å². The highest BCUT2D eigenvalue weighted by molar-refractivity contribution is 5.82. The van der Waals surface area contributed by atoms with Crippen LogP contribution in [-0.4, -0.2) is 41.0 Å². The van der Waals surface area contributed by atoms with Crippen LogP contribution in [-0.2, 0) is 14.3 Å². The molecule has 0 aromatic heterocycles. The maximum atomic E-state index is 12.4. The number of carbonyl (C=O) groups excluding carboxylic acids is 2. The molecule has 2 rings (SSSR count). The molecule has 0 radical (unpaired) electrons. The van der Waals surface area contributed by atoms with Gasteiger partial charge >= 0.3 is 5.97 Å². The second-order valence-electron chi connectivity index (χ2n) is 7.68. The molecule has 0 aromatic carbocycles. The minimum absolute atomic E-state index is 0.0624. The van der Waals surface area contributed by atoms with E-state index in [0.29, 0.717) is 6.42 Å². The van der Waals surface area contributed by atoms with E-state index in [1.54, 1.807) is 0 Å². The first-order valence-electron chi connectivity index (χ1n) is 8.57. The first-order valence-corrected chi connectivity index (χ1v) is 8.57. The van der Waals surface area contributed by atoms with Gasteiger partial charge < -0.3 is 15.4 Å². The monoisotopic (exact) mass is 310 g/mol. The molecule has 3 atom stereocenters. The zero-order valence-electron chi connectivity index (χ0n) is 14.1. The van der Waals surface area contributed by atoms with Crippen LogP contribution in [0.15, 0.2) is 0 Å². The molecule has 1 unspecified atom stereocenters. The normalized spacial score (nSPS) is 30.8. The summed E-state index contributed by atoms with van der Waals surface area (Å²) < 4.78 is 5.52. The van der Waals surface area contributed by atoms with Gasteiger partial charge in [-0.3, -0.25) is 9.59 Å². The largest absolute Gasteiger partial charge is 0.460 e. The van der Waals surface area contributed by atoms with Crippen LogP contribution >= 0.6 is 0 Å². The molecule has 1 saturated heterocycles. The number of hydrogen-bond acceptors (Lipinski definition) is 4. The number of carbonyl (C=O) groups is 2. The van der Waals surface area contributed by atoms with E-state index in [-0.39, 0.29) is 29.9 Å². The number of ether oxygens (including phenoxy) is 1. The third kappa shape index (κ3) is 4.45. The number of nitrogens with two attached hydrogens (primary N) is 1. The van der Waals surface area contributed by atoms with E-state index in [4.69, 9.17) is 10.5 Å². The van der Waals surface area contributed by atoms with E-state index >= 15 is 0 Å². The summed E-state index contributed by atoms with van der Waals surface area (Å²) in [6.45, 7) is 6.45. The number of amides is 1. The average molecular weight is 310 g/mol. The molecule has 1 aliphatic heterocycles. The van der Waals surface area contributed by atoms with Crippen LogP contribution in [0.25, 0.3) is 0 Å². The fourth-order valence-electron chi connectivity index (χ4n) is 3.50. The Kier molecular flexibility index (Phi) is 5.48. The molecule has 0 aromatic rings. The fraction of sp³-hybridized carbons (Fsp3) is 0.882. The van der Waals surface area contributed by atoms with Crippen molar-refractivity contribution >= 4 is 11.9 Å². The minimum Gasteiger partial charge on any atom is -0.460 e. The van der Waals surface area contributed by atoms with Gasteiger partial charge in [-0.25, -0.2) is 0 Å². The van der Waals surface area contributed by atoms with Gasteiger partial charge in [0.05, 0.1) is 12.0 Å². The van der Waals surface area contributed by atoms with Crippen LogP contribution in [0, 0.1) is 5.92 Å². The van der Waals surface area contributed by atoms with Crippen LogP contribution in [0.1, 0.15) is 65.7 Å². The summed E-state index contributed by atoms with van der Waals surface area (Å²) in [6.07, 6.45) is 6.30. The van der Waals surface area contributed by atoms with Crippen molar-refractivity contribution in [3.8, 4) is 0 Å². The standard InChI is InChI=1S/C17H30N2O3/c1-17(2,3)22-16(21)12-7-6-8-13(11-12)19-10-5-4-9-14(18)15(19)20/h12-14H,4-11,18H2,1-3H3/t12?,13-,14-/m1/s1. The van der Waals surface area contributed by atoms with Gasteiger partial charge in [0.15, 0.2) is 0 Å². The molecule has 1 aliphatic carbocycles. The van der Waals surface area contributed by atoms with Crippen molar-refractivity contribution in [1.82, 2.24) is 4.90 Å². The molecule has 126 valence electrons. The van der Waals surface area contributed by atoms with E-state index in [9.17, 15) is 9.59 Å². The Hall–Kier alpha value is -1.10. The number of likely N-dealkylation sites (tertiary alicyclic amines) is 1. The summed E-state index contributed by atoms with van der Waals surface area (Å²) in [6, 6.07) is -0.229. The van der Waals surface area contributed by atoms with Gasteiger partial charge in [0.1, 0.15) is 5.60 Å². The summed E-state index contributed by atoms with van der Waals surface area (Å²) in [7, 11) is 0. The summed E-state index contributed by atoms with van der Waals surface area (Å²) in [5, 5.41) is 0. The van der Waals surface area contributed by atoms with E-state index in [1.807, 2.05) is 25.7 Å². The van der Waals surface area contributed by atoms with Crippen LogP contribution in [0.2, 0.25) is 0 Å². The Bertz CT molecular complexity index is 417. The predicted octanol–water partition coefficient (Wildman–Crippen LogP) is 2.23. The van der Waals surface area contributed by atoms with Crippen molar-refractivity contribution in [3.05, 3.63) is 0 Å². The highest BCUT2D eigenvalue weighted by atomic mass is 16.6. The predicted molar refractivity (Wildman–Crippen MR) is 85.1 cm³/mol. The van der Waals surface area contributed by atoms with E-state index in [1.165, 1.54) is 0 Å². The molecular weight excluding hydrogens is 280 g/mol. The Labute approximate surface area is 133 Å². The molecule has 5 nitrogen and oxygen atoms in total. The summed E-state index contributed by atoms with van der Waals surface area (Å²) in [4.78, 5) is 26.7. The minimum atomic E-state index is -0.454. The van der Waals surface area contributed by atoms with Crippen LogP contribution < -0.4 is 5.73 Å². The van der Waals surface area contributed by atoms with Gasteiger partial charge in [-0.1, -0.05) is 6.42 Å². The Balaban J connectivity index is 2.00. The van der Waals surface area contributed by atoms with Crippen molar-refractivity contribution in [2.75, 3.05) is 6.54 Å². The SMILES string of the molecule is CC(C)(C)OC(=O)C1CCC[C@@H](N2CCCC[C@@H](N)C2=O)C1. The first kappa shape index (κ1) is 17.3. The molecule has 2 N–H and O–H groups in total. The third-order valence-electron chi connectivity index (χ3n) is 4.59. The van der Waals surface area contributed by atoms with Crippen molar-refractivity contribution in [1.29, 1.82) is 0 Å². The van der Waals surface area contributed by atoms with Crippen LogP contribution in [0.5, 0.6) is 0 Å². The number of hydrogen-bond donors (Lipinski definition) is 1. The van der Waals surface area contributed by atoms with Crippen LogP contribution in [0.4, 0.5) is 0 Å². The molecule has 22 heavy (non-hydrogen) atoms. The van der Waals surface area contributed by atoms with Crippen molar-refractivity contribution in [2.45, 2.75) is 83.4 Å². The molecule has 2 aliphatic rings. The van der Waals surface area contributed by atoms with E-state index < -0.39 is 5.60 Å². The molecule has 1 heterocycles. The second-order valence-corrected chi connectivity index (χ2v) is 7.68. The van der Waals surface area contributed by atoms with Crippen LogP contribution in [0.3, 0.4) is 0 Å². The summed E-state index contributed by atoms with van der Waals surface area (Å²) >= 11 is 0. The zero-order chi connectivity index (χ0) is 16.3. The highest BCUT2D eigenvalue weighted by Crippen LogP contribution is 2.31. The Morgan fingerprint density at radius 3 is 2.59 bits per heavy atom. The van der Waals surface area contributed by atoms with Gasteiger partial charge in [-0.2, -0.15) is 0 Å². The Morgan fingerprint density at radius 2 is 1.91 bits per heavy atom. The van der Waals surface area contributed by atoms with Gasteiger partial charge in [0.2, 0.25) is 5.91 Å². The fourth-order valence-corrected chi connectivity index (χ4v) is 3.50.